The zero-order chi connectivity index (χ0) is 15.1. The second-order valence-electron chi connectivity index (χ2n) is 5.34. The number of ether oxygens (including phenoxy) is 1. The summed E-state index contributed by atoms with van der Waals surface area (Å²) in [5.41, 5.74) is 0.720. The molecule has 0 spiro atoms. The van der Waals surface area contributed by atoms with Crippen molar-refractivity contribution in [2.24, 2.45) is 0 Å². The normalized spacial score (nSPS) is 21.8. The van der Waals surface area contributed by atoms with Gasteiger partial charge in [-0.1, -0.05) is 12.1 Å². The Morgan fingerprint density at radius 2 is 2.00 bits per heavy atom. The van der Waals surface area contributed by atoms with E-state index in [9.17, 15) is 4.79 Å². The highest BCUT2D eigenvalue weighted by atomic mass is 32.2. The molecule has 0 bridgehead atoms. The Hall–Kier alpha value is -1.20. The second-order valence-corrected chi connectivity index (χ2v) is 6.48. The molecule has 0 radical (unpaired) electrons. The lowest BCUT2D eigenvalue weighted by Crippen LogP contribution is -2.38. The molecule has 0 aromatic heterocycles. The van der Waals surface area contributed by atoms with E-state index >= 15 is 0 Å². The number of para-hydroxylation sites is 2. The average Bonchev–Trinajstić information content (AvgIpc) is 2.54. The molecule has 2 N–H and O–H groups in total. The maximum atomic E-state index is 12.0. The number of nitrogens with one attached hydrogen (secondary N) is 2. The molecule has 1 aromatic carbocycles. The maximum Gasteiger partial charge on any atom is 0.238 e. The standard InChI is InChI=1S/C16H24N2O2S/c1-20-15-6-4-3-5-14(15)18-16(19)11-17-12-7-9-13(21-2)10-8-12/h3-6,12-13,17H,7-11H2,1-2H3,(H,18,19). The summed E-state index contributed by atoms with van der Waals surface area (Å²) >= 11 is 1.96. The Morgan fingerprint density at radius 1 is 1.29 bits per heavy atom. The predicted molar refractivity (Wildman–Crippen MR) is 89.2 cm³/mol. The lowest BCUT2D eigenvalue weighted by molar-refractivity contribution is -0.115. The fraction of sp³-hybridized carbons (Fsp3) is 0.562. The van der Waals surface area contributed by atoms with Gasteiger partial charge >= 0.3 is 0 Å². The molecule has 2 rings (SSSR count). The smallest absolute Gasteiger partial charge is 0.238 e. The minimum Gasteiger partial charge on any atom is -0.495 e. The largest absolute Gasteiger partial charge is 0.495 e. The van der Waals surface area contributed by atoms with E-state index in [4.69, 9.17) is 4.74 Å². The van der Waals surface area contributed by atoms with E-state index in [1.54, 1.807) is 7.11 Å². The summed E-state index contributed by atoms with van der Waals surface area (Å²) < 4.78 is 5.23. The Bertz CT molecular complexity index is 459. The number of hydrogen-bond donors (Lipinski definition) is 2. The molecule has 1 fully saturated rings. The number of hydrogen-bond acceptors (Lipinski definition) is 4. The molecule has 1 saturated carbocycles. The zero-order valence-electron chi connectivity index (χ0n) is 12.7. The molecule has 0 atom stereocenters. The third kappa shape index (κ3) is 4.93. The number of thioether (sulfide) groups is 1. The molecule has 0 heterocycles. The average molecular weight is 308 g/mol. The van der Waals surface area contributed by atoms with Crippen molar-refractivity contribution < 1.29 is 9.53 Å². The van der Waals surface area contributed by atoms with Crippen LogP contribution in [-0.4, -0.2) is 37.1 Å². The summed E-state index contributed by atoms with van der Waals surface area (Å²) in [5, 5.41) is 7.05. The topological polar surface area (TPSA) is 50.4 Å². The quantitative estimate of drug-likeness (QED) is 0.848. The van der Waals surface area contributed by atoms with Crippen LogP contribution >= 0.6 is 11.8 Å². The second kappa shape index (κ2) is 8.29. The molecule has 0 unspecified atom stereocenters. The number of anilines is 1. The van der Waals surface area contributed by atoms with Gasteiger partial charge in [0.2, 0.25) is 5.91 Å². The SMILES string of the molecule is COc1ccccc1NC(=O)CNC1CCC(SC)CC1. The van der Waals surface area contributed by atoms with E-state index < -0.39 is 0 Å². The van der Waals surface area contributed by atoms with Crippen LogP contribution in [0.1, 0.15) is 25.7 Å². The van der Waals surface area contributed by atoms with E-state index in [0.717, 1.165) is 23.8 Å². The lowest BCUT2D eigenvalue weighted by Gasteiger charge is -2.28. The summed E-state index contributed by atoms with van der Waals surface area (Å²) in [5.74, 6) is 0.665. The van der Waals surface area contributed by atoms with Crippen LogP contribution in [0, 0.1) is 0 Å². The number of benzene rings is 1. The van der Waals surface area contributed by atoms with E-state index in [2.05, 4.69) is 16.9 Å². The Labute approximate surface area is 131 Å². The molecule has 1 aliphatic carbocycles. The molecular weight excluding hydrogens is 284 g/mol. The van der Waals surface area contributed by atoms with Crippen molar-refractivity contribution in [1.82, 2.24) is 5.32 Å². The Kier molecular flexibility index (Phi) is 6.39. The lowest BCUT2D eigenvalue weighted by atomic mass is 9.95. The van der Waals surface area contributed by atoms with Gasteiger partial charge in [-0.3, -0.25) is 4.79 Å². The van der Waals surface area contributed by atoms with Gasteiger partial charge in [0.1, 0.15) is 5.75 Å². The summed E-state index contributed by atoms with van der Waals surface area (Å²) in [6, 6.07) is 7.93. The zero-order valence-corrected chi connectivity index (χ0v) is 13.5. The minimum atomic E-state index is -0.0218. The first-order valence-electron chi connectivity index (χ1n) is 7.42. The van der Waals surface area contributed by atoms with Crippen LogP contribution in [0.2, 0.25) is 0 Å². The Balaban J connectivity index is 1.75. The van der Waals surface area contributed by atoms with Gasteiger partial charge in [0, 0.05) is 11.3 Å². The summed E-state index contributed by atoms with van der Waals surface area (Å²) in [6.45, 7) is 0.354. The van der Waals surface area contributed by atoms with Crippen molar-refractivity contribution >= 4 is 23.4 Å². The first kappa shape index (κ1) is 16.2. The van der Waals surface area contributed by atoms with E-state index in [1.165, 1.54) is 12.8 Å². The molecule has 4 nitrogen and oxygen atoms in total. The van der Waals surface area contributed by atoms with Crippen LogP contribution in [0.5, 0.6) is 5.75 Å². The predicted octanol–water partition coefficient (Wildman–Crippen LogP) is 2.90. The van der Waals surface area contributed by atoms with Crippen LogP contribution in [-0.2, 0) is 4.79 Å². The van der Waals surface area contributed by atoms with Gasteiger partial charge in [0.15, 0.2) is 0 Å². The minimum absolute atomic E-state index is 0.0218. The van der Waals surface area contributed by atoms with Crippen LogP contribution in [0.4, 0.5) is 5.69 Å². The highest BCUT2D eigenvalue weighted by Gasteiger charge is 2.20. The number of amides is 1. The monoisotopic (exact) mass is 308 g/mol. The molecule has 0 saturated heterocycles. The van der Waals surface area contributed by atoms with E-state index in [1.807, 2.05) is 36.0 Å². The van der Waals surface area contributed by atoms with Gasteiger partial charge in [-0.15, -0.1) is 0 Å². The van der Waals surface area contributed by atoms with Crippen LogP contribution in [0.3, 0.4) is 0 Å². The van der Waals surface area contributed by atoms with Crippen molar-refractivity contribution in [1.29, 1.82) is 0 Å². The van der Waals surface area contributed by atoms with Crippen molar-refractivity contribution in [2.45, 2.75) is 37.0 Å². The van der Waals surface area contributed by atoms with Crippen molar-refractivity contribution in [3.05, 3.63) is 24.3 Å². The molecule has 1 aliphatic rings. The van der Waals surface area contributed by atoms with Gasteiger partial charge in [-0.25, -0.2) is 0 Å². The summed E-state index contributed by atoms with van der Waals surface area (Å²) in [7, 11) is 1.60. The third-order valence-electron chi connectivity index (χ3n) is 3.94. The number of carbonyl (C=O) groups is 1. The Morgan fingerprint density at radius 3 is 2.67 bits per heavy atom. The van der Waals surface area contributed by atoms with Crippen molar-refractivity contribution in [3.8, 4) is 5.75 Å². The fourth-order valence-electron chi connectivity index (χ4n) is 2.68. The van der Waals surface area contributed by atoms with Crippen molar-refractivity contribution in [2.75, 3.05) is 25.2 Å². The van der Waals surface area contributed by atoms with Gasteiger partial charge in [-0.05, 0) is 44.1 Å². The third-order valence-corrected chi connectivity index (χ3v) is 5.08. The van der Waals surface area contributed by atoms with Gasteiger partial charge in [-0.2, -0.15) is 11.8 Å². The highest BCUT2D eigenvalue weighted by molar-refractivity contribution is 7.99. The van der Waals surface area contributed by atoms with Gasteiger partial charge in [0.25, 0.3) is 0 Å². The molecule has 0 aliphatic heterocycles. The molecule has 5 heteroatoms. The number of carbonyl (C=O) groups excluding carboxylic acids is 1. The highest BCUT2D eigenvalue weighted by Crippen LogP contribution is 2.27. The number of methoxy groups -OCH3 is 1. The van der Waals surface area contributed by atoms with E-state index in [-0.39, 0.29) is 5.91 Å². The molecule has 21 heavy (non-hydrogen) atoms. The van der Waals surface area contributed by atoms with Gasteiger partial charge < -0.3 is 15.4 Å². The van der Waals surface area contributed by atoms with Gasteiger partial charge in [0.05, 0.1) is 19.3 Å². The molecule has 1 aromatic rings. The molecular formula is C16H24N2O2S. The summed E-state index contributed by atoms with van der Waals surface area (Å²) in [6.07, 6.45) is 6.99. The van der Waals surface area contributed by atoms with E-state index in [0.29, 0.717) is 18.3 Å². The summed E-state index contributed by atoms with van der Waals surface area (Å²) in [4.78, 5) is 12.0. The molecule has 1 amide bonds. The number of rotatable bonds is 6. The molecule has 116 valence electrons. The van der Waals surface area contributed by atoms with Crippen molar-refractivity contribution in [3.63, 3.8) is 0 Å². The maximum absolute atomic E-state index is 12.0. The first-order valence-corrected chi connectivity index (χ1v) is 8.70. The fourth-order valence-corrected chi connectivity index (χ4v) is 3.43. The van der Waals surface area contributed by atoms with Crippen LogP contribution < -0.4 is 15.4 Å². The van der Waals surface area contributed by atoms with Crippen LogP contribution in [0.15, 0.2) is 24.3 Å². The van der Waals surface area contributed by atoms with Crippen LogP contribution in [0.25, 0.3) is 0 Å². The first-order chi connectivity index (χ1) is 10.2.